The molecule has 0 fully saturated rings. The van der Waals surface area contributed by atoms with Gasteiger partial charge in [0.1, 0.15) is 0 Å². The van der Waals surface area contributed by atoms with Crippen molar-refractivity contribution in [3.63, 3.8) is 0 Å². The van der Waals surface area contributed by atoms with Gasteiger partial charge in [-0.05, 0) is 42.3 Å². The molecule has 6 heteroatoms. The van der Waals surface area contributed by atoms with Gasteiger partial charge in [-0.2, -0.15) is 0 Å². The Morgan fingerprint density at radius 3 is 2.71 bits per heavy atom. The minimum atomic E-state index is -0.175. The molecule has 1 amide bonds. The number of halogens is 2. The number of carbonyl (C=O) groups is 1. The third kappa shape index (κ3) is 3.94. The van der Waals surface area contributed by atoms with E-state index in [9.17, 15) is 4.79 Å². The van der Waals surface area contributed by atoms with Gasteiger partial charge in [0.2, 0.25) is 5.91 Å². The lowest BCUT2D eigenvalue weighted by Crippen LogP contribution is -2.15. The molecular formula is C18H17Cl2NO3. The lowest BCUT2D eigenvalue weighted by molar-refractivity contribution is -0.115. The van der Waals surface area contributed by atoms with E-state index in [0.29, 0.717) is 40.4 Å². The number of benzene rings is 2. The molecule has 0 radical (unpaired) electrons. The van der Waals surface area contributed by atoms with Crippen LogP contribution in [-0.2, 0) is 11.2 Å². The molecule has 0 bridgehead atoms. The largest absolute Gasteiger partial charge is 0.489 e. The fourth-order valence-corrected chi connectivity index (χ4v) is 3.06. The summed E-state index contributed by atoms with van der Waals surface area (Å²) in [5.41, 5.74) is 2.38. The average molecular weight is 366 g/mol. The van der Waals surface area contributed by atoms with Crippen LogP contribution in [0.1, 0.15) is 17.5 Å². The van der Waals surface area contributed by atoms with E-state index >= 15 is 0 Å². The molecule has 0 saturated carbocycles. The Morgan fingerprint density at radius 1 is 1.12 bits per heavy atom. The zero-order chi connectivity index (χ0) is 17.1. The second kappa shape index (κ2) is 7.32. The SMILES string of the molecule is Cc1ccc(NC(=O)Cc2cc(Cl)c3c(c2)OCCCO3)c(Cl)c1. The Kier molecular flexibility index (Phi) is 5.17. The summed E-state index contributed by atoms with van der Waals surface area (Å²) in [5, 5.41) is 3.78. The first-order valence-corrected chi connectivity index (χ1v) is 8.42. The van der Waals surface area contributed by atoms with Gasteiger partial charge in [-0.3, -0.25) is 4.79 Å². The molecule has 0 unspecified atom stereocenters. The average Bonchev–Trinajstić information content (AvgIpc) is 2.76. The fraction of sp³-hybridized carbons (Fsp3) is 0.278. The normalized spacial score (nSPS) is 13.3. The van der Waals surface area contributed by atoms with Crippen LogP contribution < -0.4 is 14.8 Å². The highest BCUT2D eigenvalue weighted by Gasteiger charge is 2.17. The van der Waals surface area contributed by atoms with Gasteiger partial charge >= 0.3 is 0 Å². The molecule has 1 aliphatic heterocycles. The Morgan fingerprint density at radius 2 is 1.92 bits per heavy atom. The number of hydrogen-bond donors (Lipinski definition) is 1. The summed E-state index contributed by atoms with van der Waals surface area (Å²) in [6.45, 7) is 3.08. The van der Waals surface area contributed by atoms with Gasteiger partial charge in [0.15, 0.2) is 11.5 Å². The van der Waals surface area contributed by atoms with Crippen LogP contribution in [0.3, 0.4) is 0 Å². The van der Waals surface area contributed by atoms with Crippen molar-refractivity contribution in [2.24, 2.45) is 0 Å². The molecule has 0 aromatic heterocycles. The van der Waals surface area contributed by atoms with Crippen molar-refractivity contribution in [1.82, 2.24) is 0 Å². The quantitative estimate of drug-likeness (QED) is 0.861. The van der Waals surface area contributed by atoms with Crippen LogP contribution in [0.5, 0.6) is 11.5 Å². The number of carbonyl (C=O) groups excluding carboxylic acids is 1. The molecule has 0 spiro atoms. The summed E-state index contributed by atoms with van der Waals surface area (Å²) < 4.78 is 11.2. The number of rotatable bonds is 3. The summed E-state index contributed by atoms with van der Waals surface area (Å²) in [6.07, 6.45) is 0.966. The number of amides is 1. The third-order valence-electron chi connectivity index (χ3n) is 3.63. The highest BCUT2D eigenvalue weighted by molar-refractivity contribution is 6.34. The van der Waals surface area contributed by atoms with E-state index in [0.717, 1.165) is 17.5 Å². The van der Waals surface area contributed by atoms with E-state index in [-0.39, 0.29) is 12.3 Å². The molecular weight excluding hydrogens is 349 g/mol. The number of fused-ring (bicyclic) bond motifs is 1. The Labute approximate surface area is 150 Å². The van der Waals surface area contributed by atoms with Gasteiger partial charge in [-0.25, -0.2) is 0 Å². The Bertz CT molecular complexity index is 777. The highest BCUT2D eigenvalue weighted by Crippen LogP contribution is 2.38. The Hall–Kier alpha value is -1.91. The van der Waals surface area contributed by atoms with E-state index in [1.165, 1.54) is 0 Å². The van der Waals surface area contributed by atoms with E-state index < -0.39 is 0 Å². The molecule has 2 aromatic rings. The van der Waals surface area contributed by atoms with Crippen LogP contribution in [-0.4, -0.2) is 19.1 Å². The van der Waals surface area contributed by atoms with E-state index in [4.69, 9.17) is 32.7 Å². The zero-order valence-electron chi connectivity index (χ0n) is 13.2. The molecule has 0 saturated heterocycles. The van der Waals surface area contributed by atoms with Crippen molar-refractivity contribution in [2.45, 2.75) is 19.8 Å². The maximum Gasteiger partial charge on any atom is 0.228 e. The van der Waals surface area contributed by atoms with Crippen molar-refractivity contribution in [3.8, 4) is 11.5 Å². The summed E-state index contributed by atoms with van der Waals surface area (Å²) in [7, 11) is 0. The summed E-state index contributed by atoms with van der Waals surface area (Å²) in [5.74, 6) is 0.947. The molecule has 2 aromatic carbocycles. The van der Waals surface area contributed by atoms with E-state index in [1.54, 1.807) is 18.2 Å². The highest BCUT2D eigenvalue weighted by atomic mass is 35.5. The first-order chi connectivity index (χ1) is 11.5. The number of hydrogen-bond acceptors (Lipinski definition) is 3. The first kappa shape index (κ1) is 16.9. The second-order valence-corrected chi connectivity index (χ2v) is 6.48. The van der Waals surface area contributed by atoms with Crippen LogP contribution in [0.15, 0.2) is 30.3 Å². The Balaban J connectivity index is 1.74. The van der Waals surface area contributed by atoms with Gasteiger partial charge < -0.3 is 14.8 Å². The molecule has 0 aliphatic carbocycles. The van der Waals surface area contributed by atoms with Crippen LogP contribution in [0, 0.1) is 6.92 Å². The van der Waals surface area contributed by atoms with Gasteiger partial charge in [0, 0.05) is 6.42 Å². The van der Waals surface area contributed by atoms with Gasteiger partial charge in [-0.1, -0.05) is 29.3 Å². The molecule has 1 N–H and O–H groups in total. The van der Waals surface area contributed by atoms with Crippen molar-refractivity contribution in [2.75, 3.05) is 18.5 Å². The predicted molar refractivity (Wildman–Crippen MR) is 95.6 cm³/mol. The zero-order valence-corrected chi connectivity index (χ0v) is 14.7. The van der Waals surface area contributed by atoms with Gasteiger partial charge in [0.25, 0.3) is 0 Å². The summed E-state index contributed by atoms with van der Waals surface area (Å²) in [4.78, 5) is 12.3. The van der Waals surface area contributed by atoms with Crippen molar-refractivity contribution in [3.05, 3.63) is 51.5 Å². The molecule has 24 heavy (non-hydrogen) atoms. The number of aryl methyl sites for hydroxylation is 1. The minimum Gasteiger partial charge on any atom is -0.489 e. The van der Waals surface area contributed by atoms with Crippen molar-refractivity contribution < 1.29 is 14.3 Å². The molecule has 1 aliphatic rings. The maximum absolute atomic E-state index is 12.3. The lowest BCUT2D eigenvalue weighted by atomic mass is 10.1. The van der Waals surface area contributed by atoms with E-state index in [1.807, 2.05) is 19.1 Å². The number of ether oxygens (including phenoxy) is 2. The standard InChI is InChI=1S/C18H17Cl2NO3/c1-11-3-4-15(13(19)7-11)21-17(22)10-12-8-14(20)18-16(9-12)23-5-2-6-24-18/h3-4,7-9H,2,5-6,10H2,1H3,(H,21,22). The van der Waals surface area contributed by atoms with Crippen molar-refractivity contribution in [1.29, 1.82) is 0 Å². The first-order valence-electron chi connectivity index (χ1n) is 7.67. The molecule has 4 nitrogen and oxygen atoms in total. The molecule has 0 atom stereocenters. The maximum atomic E-state index is 12.3. The van der Waals surface area contributed by atoms with Crippen LogP contribution >= 0.6 is 23.2 Å². The smallest absolute Gasteiger partial charge is 0.228 e. The fourth-order valence-electron chi connectivity index (χ4n) is 2.49. The van der Waals surface area contributed by atoms with Crippen LogP contribution in [0.4, 0.5) is 5.69 Å². The second-order valence-electron chi connectivity index (χ2n) is 5.66. The number of anilines is 1. The summed E-state index contributed by atoms with van der Waals surface area (Å²) >= 11 is 12.4. The van der Waals surface area contributed by atoms with Gasteiger partial charge in [-0.15, -0.1) is 0 Å². The molecule has 3 rings (SSSR count). The van der Waals surface area contributed by atoms with Gasteiger partial charge in [0.05, 0.1) is 35.4 Å². The lowest BCUT2D eigenvalue weighted by Gasteiger charge is -2.12. The number of nitrogens with one attached hydrogen (secondary N) is 1. The molecule has 126 valence electrons. The van der Waals surface area contributed by atoms with Crippen molar-refractivity contribution >= 4 is 34.8 Å². The predicted octanol–water partition coefficient (Wildman–Crippen LogP) is 4.64. The minimum absolute atomic E-state index is 0.167. The topological polar surface area (TPSA) is 47.6 Å². The van der Waals surface area contributed by atoms with E-state index in [2.05, 4.69) is 5.32 Å². The van der Waals surface area contributed by atoms with Crippen LogP contribution in [0.2, 0.25) is 10.0 Å². The molecule has 1 heterocycles. The van der Waals surface area contributed by atoms with Crippen LogP contribution in [0.25, 0.3) is 0 Å². The monoisotopic (exact) mass is 365 g/mol. The third-order valence-corrected chi connectivity index (χ3v) is 4.22. The summed E-state index contributed by atoms with van der Waals surface area (Å²) in [6, 6.07) is 9.01.